The minimum atomic E-state index is -3.48. The number of aromatic nitrogens is 1. The predicted octanol–water partition coefficient (Wildman–Crippen LogP) is 0.761. The second-order valence-electron chi connectivity index (χ2n) is 4.98. The molecule has 1 aromatic rings. The van der Waals surface area contributed by atoms with Gasteiger partial charge in [0.05, 0.1) is 0 Å². The summed E-state index contributed by atoms with van der Waals surface area (Å²) in [6, 6.07) is 2.07. The molecule has 0 atom stereocenters. The molecule has 0 saturated heterocycles. The molecule has 19 heavy (non-hydrogen) atoms. The summed E-state index contributed by atoms with van der Waals surface area (Å²) < 4.78 is 26.1. The van der Waals surface area contributed by atoms with Crippen molar-refractivity contribution >= 4 is 10.0 Å². The molecule has 6 nitrogen and oxygen atoms in total. The maximum Gasteiger partial charge on any atom is 0.254 e. The second kappa shape index (κ2) is 6.51. The van der Waals surface area contributed by atoms with Crippen molar-refractivity contribution in [2.45, 2.75) is 44.8 Å². The maximum absolute atomic E-state index is 12.1. The van der Waals surface area contributed by atoms with E-state index in [9.17, 15) is 8.42 Å². The summed E-state index contributed by atoms with van der Waals surface area (Å²) >= 11 is 0. The first kappa shape index (κ1) is 16.2. The molecule has 0 amide bonds. The van der Waals surface area contributed by atoms with Crippen LogP contribution in [0.5, 0.6) is 0 Å². The van der Waals surface area contributed by atoms with Crippen LogP contribution in [0.3, 0.4) is 0 Å². The number of hydrogen-bond acceptors (Lipinski definition) is 4. The molecule has 0 saturated carbocycles. The van der Waals surface area contributed by atoms with Gasteiger partial charge >= 0.3 is 0 Å². The van der Waals surface area contributed by atoms with Crippen molar-refractivity contribution in [1.29, 1.82) is 0 Å². The highest BCUT2D eigenvalue weighted by atomic mass is 32.2. The van der Waals surface area contributed by atoms with E-state index < -0.39 is 10.0 Å². The molecule has 2 N–H and O–H groups in total. The highest BCUT2D eigenvalue weighted by Crippen LogP contribution is 2.14. The molecule has 0 fully saturated rings. The normalized spacial score (nSPS) is 12.6. The average molecular weight is 288 g/mol. The zero-order valence-electron chi connectivity index (χ0n) is 12.3. The summed E-state index contributed by atoms with van der Waals surface area (Å²) in [6.45, 7) is 7.51. The maximum atomic E-state index is 12.1. The van der Waals surface area contributed by atoms with E-state index in [4.69, 9.17) is 0 Å². The van der Waals surface area contributed by atoms with Crippen LogP contribution in [0, 0.1) is 0 Å². The van der Waals surface area contributed by atoms with E-state index in [1.54, 1.807) is 26.4 Å². The first-order chi connectivity index (χ1) is 8.76. The van der Waals surface area contributed by atoms with Gasteiger partial charge < -0.3 is 9.88 Å². The van der Waals surface area contributed by atoms with Gasteiger partial charge in [-0.3, -0.25) is 0 Å². The average Bonchev–Trinajstić information content (AvgIpc) is 2.68. The van der Waals surface area contributed by atoms with Crippen molar-refractivity contribution < 1.29 is 8.42 Å². The van der Waals surface area contributed by atoms with Gasteiger partial charge in [0.25, 0.3) is 10.0 Å². The highest BCUT2D eigenvalue weighted by molar-refractivity contribution is 7.89. The number of aryl methyl sites for hydroxylation is 1. The molecule has 0 aliphatic heterocycles. The number of rotatable bonds is 7. The third kappa shape index (κ3) is 4.61. The van der Waals surface area contributed by atoms with Crippen LogP contribution in [-0.4, -0.2) is 38.1 Å². The largest absolute Gasteiger partial charge is 0.349 e. The van der Waals surface area contributed by atoms with Crippen molar-refractivity contribution in [3.05, 3.63) is 18.0 Å². The SMILES string of the molecule is CCn1cc(S(=O)(=O)NN(C)C)cc1CNC(C)C. The van der Waals surface area contributed by atoms with Gasteiger partial charge in [-0.25, -0.2) is 13.4 Å². The number of nitrogens with zero attached hydrogens (tertiary/aromatic N) is 2. The monoisotopic (exact) mass is 288 g/mol. The Labute approximate surface area is 115 Å². The number of hydrazine groups is 1. The molecule has 1 aromatic heterocycles. The van der Waals surface area contributed by atoms with Gasteiger partial charge in [0.1, 0.15) is 4.90 Å². The van der Waals surface area contributed by atoms with E-state index in [2.05, 4.69) is 24.0 Å². The predicted molar refractivity (Wildman–Crippen MR) is 76.1 cm³/mol. The molecule has 110 valence electrons. The standard InChI is InChI=1S/C12H24N4O2S/c1-6-16-9-12(19(17,18)14-15(4)5)7-11(16)8-13-10(2)3/h7,9-10,13-14H,6,8H2,1-5H3. The molecular formula is C12H24N4O2S. The summed E-state index contributed by atoms with van der Waals surface area (Å²) in [7, 11) is -0.186. The van der Waals surface area contributed by atoms with Gasteiger partial charge in [-0.2, -0.15) is 0 Å². The quantitative estimate of drug-likeness (QED) is 0.727. The van der Waals surface area contributed by atoms with Crippen molar-refractivity contribution in [3.63, 3.8) is 0 Å². The molecule has 0 aromatic carbocycles. The van der Waals surface area contributed by atoms with Crippen LogP contribution in [0.25, 0.3) is 0 Å². The van der Waals surface area contributed by atoms with Crippen LogP contribution in [0.1, 0.15) is 26.5 Å². The Bertz CT molecular complexity index is 506. The fourth-order valence-electron chi connectivity index (χ4n) is 1.72. The van der Waals surface area contributed by atoms with Crippen molar-refractivity contribution in [1.82, 2.24) is 19.7 Å². The Morgan fingerprint density at radius 2 is 2.00 bits per heavy atom. The van der Waals surface area contributed by atoms with Gasteiger partial charge in [0.15, 0.2) is 0 Å². The fourth-order valence-corrected chi connectivity index (χ4v) is 2.86. The van der Waals surface area contributed by atoms with Gasteiger partial charge in [-0.15, -0.1) is 4.83 Å². The number of hydrogen-bond donors (Lipinski definition) is 2. The third-order valence-corrected chi connectivity index (χ3v) is 4.06. The molecular weight excluding hydrogens is 264 g/mol. The molecule has 0 radical (unpaired) electrons. The van der Waals surface area contributed by atoms with Gasteiger partial charge in [0.2, 0.25) is 0 Å². The first-order valence-electron chi connectivity index (χ1n) is 6.38. The zero-order valence-corrected chi connectivity index (χ0v) is 13.1. The van der Waals surface area contributed by atoms with E-state index in [-0.39, 0.29) is 0 Å². The van der Waals surface area contributed by atoms with Gasteiger partial charge in [-0.05, 0) is 13.0 Å². The minimum absolute atomic E-state index is 0.295. The highest BCUT2D eigenvalue weighted by Gasteiger charge is 2.18. The summed E-state index contributed by atoms with van der Waals surface area (Å²) in [5.41, 5.74) is 0.968. The molecule has 1 heterocycles. The second-order valence-corrected chi connectivity index (χ2v) is 6.64. The Hall–Kier alpha value is -0.890. The smallest absolute Gasteiger partial charge is 0.254 e. The van der Waals surface area contributed by atoms with Crippen LogP contribution in [-0.2, 0) is 23.1 Å². The number of nitrogens with one attached hydrogen (secondary N) is 2. The third-order valence-electron chi connectivity index (χ3n) is 2.61. The lowest BCUT2D eigenvalue weighted by atomic mass is 10.3. The summed E-state index contributed by atoms with van der Waals surface area (Å²) in [4.78, 5) is 2.73. The summed E-state index contributed by atoms with van der Waals surface area (Å²) in [5.74, 6) is 0. The molecule has 0 unspecified atom stereocenters. The Kier molecular flexibility index (Phi) is 5.54. The topological polar surface area (TPSA) is 66.4 Å². The molecule has 0 aliphatic carbocycles. The lowest BCUT2D eigenvalue weighted by Gasteiger charge is -2.10. The summed E-state index contributed by atoms with van der Waals surface area (Å²) in [6.07, 6.45) is 1.67. The van der Waals surface area contributed by atoms with Crippen LogP contribution in [0.4, 0.5) is 0 Å². The zero-order chi connectivity index (χ0) is 14.6. The molecule has 0 aliphatic rings. The van der Waals surface area contributed by atoms with E-state index in [1.165, 1.54) is 5.01 Å². The lowest BCUT2D eigenvalue weighted by molar-refractivity contribution is 0.364. The van der Waals surface area contributed by atoms with Crippen LogP contribution >= 0.6 is 0 Å². The Balaban J connectivity index is 2.98. The van der Waals surface area contributed by atoms with Crippen LogP contribution in [0.15, 0.2) is 17.2 Å². The Morgan fingerprint density at radius 3 is 2.47 bits per heavy atom. The molecule has 0 spiro atoms. The van der Waals surface area contributed by atoms with E-state index >= 15 is 0 Å². The fraction of sp³-hybridized carbons (Fsp3) is 0.667. The number of sulfonamides is 1. The van der Waals surface area contributed by atoms with E-state index in [0.717, 1.165) is 12.2 Å². The van der Waals surface area contributed by atoms with Crippen LogP contribution in [0.2, 0.25) is 0 Å². The summed E-state index contributed by atoms with van der Waals surface area (Å²) in [5, 5.41) is 4.72. The van der Waals surface area contributed by atoms with Crippen molar-refractivity contribution in [3.8, 4) is 0 Å². The van der Waals surface area contributed by atoms with Crippen molar-refractivity contribution in [2.75, 3.05) is 14.1 Å². The van der Waals surface area contributed by atoms with Crippen LogP contribution < -0.4 is 10.1 Å². The van der Waals surface area contributed by atoms with E-state index in [1.807, 2.05) is 11.5 Å². The van der Waals surface area contributed by atoms with Crippen molar-refractivity contribution in [2.24, 2.45) is 0 Å². The lowest BCUT2D eigenvalue weighted by Crippen LogP contribution is -2.35. The molecule has 1 rings (SSSR count). The Morgan fingerprint density at radius 1 is 1.37 bits per heavy atom. The molecule has 7 heteroatoms. The minimum Gasteiger partial charge on any atom is -0.349 e. The first-order valence-corrected chi connectivity index (χ1v) is 7.86. The van der Waals surface area contributed by atoms with Gasteiger partial charge in [-0.1, -0.05) is 13.8 Å². The van der Waals surface area contributed by atoms with Gasteiger partial charge in [0, 0.05) is 45.1 Å². The molecule has 0 bridgehead atoms. The van der Waals surface area contributed by atoms with E-state index in [0.29, 0.717) is 17.5 Å².